The molecule has 2 aliphatic rings. The molecule has 0 aliphatic carbocycles. The third-order valence-electron chi connectivity index (χ3n) is 5.39. The van der Waals surface area contributed by atoms with E-state index in [4.69, 9.17) is 14.6 Å². The van der Waals surface area contributed by atoms with Gasteiger partial charge in [-0.05, 0) is 17.5 Å². The number of carbonyl (C=O) groups excluding carboxylic acids is 2. The van der Waals surface area contributed by atoms with E-state index in [0.29, 0.717) is 5.00 Å². The fourth-order valence-electron chi connectivity index (χ4n) is 3.72. The average Bonchev–Trinajstić information content (AvgIpc) is 3.47. The number of carboxylic acids is 3. The van der Waals surface area contributed by atoms with Crippen molar-refractivity contribution in [2.75, 3.05) is 23.0 Å². The van der Waals surface area contributed by atoms with Gasteiger partial charge in [-0.2, -0.15) is 0 Å². The lowest BCUT2D eigenvalue weighted by Gasteiger charge is -2.55. The minimum absolute atomic E-state index is 0.0161. The molecule has 2 aromatic heterocycles. The maximum Gasteiger partial charge on any atom is 0.313 e. The second-order valence-corrected chi connectivity index (χ2v) is 10.8. The first-order chi connectivity index (χ1) is 16.6. The monoisotopic (exact) mass is 542 g/mol. The molecule has 2 saturated heterocycles. The Balaban J connectivity index is 1.48. The van der Waals surface area contributed by atoms with Gasteiger partial charge in [-0.1, -0.05) is 11.8 Å². The molecule has 2 amide bonds. The number of thioether (sulfide) groups is 2. The number of thiophene rings is 1. The van der Waals surface area contributed by atoms with Gasteiger partial charge in [0.05, 0.1) is 5.00 Å². The number of hydrogen-bond donors (Lipinski definition) is 3. The minimum atomic E-state index is -1.35. The maximum atomic E-state index is 13.1. The number of aliphatic carboxylic acids is 3. The van der Waals surface area contributed by atoms with Crippen molar-refractivity contribution in [3.63, 3.8) is 0 Å². The molecule has 4 rings (SSSR count). The van der Waals surface area contributed by atoms with Gasteiger partial charge < -0.3 is 24.6 Å². The number of anilines is 1. The average molecular weight is 543 g/mol. The molecular formula is C19H18N4O9S3. The smallest absolute Gasteiger partial charge is 0.313 e. The van der Waals surface area contributed by atoms with Crippen molar-refractivity contribution in [3.05, 3.63) is 23.4 Å². The summed E-state index contributed by atoms with van der Waals surface area (Å²) < 4.78 is 5.23. The number of aromatic nitrogens is 2. The number of β-lactam (4-membered cyclic amide) rings is 1. The first kappa shape index (κ1) is 25.0. The molecule has 13 nitrogen and oxygen atoms in total. The van der Waals surface area contributed by atoms with E-state index in [1.54, 1.807) is 17.5 Å². The van der Waals surface area contributed by atoms with E-state index in [1.807, 2.05) is 0 Å². The van der Waals surface area contributed by atoms with Crippen LogP contribution in [-0.2, 0) is 30.4 Å². The van der Waals surface area contributed by atoms with Crippen LogP contribution in [0.2, 0.25) is 0 Å². The van der Waals surface area contributed by atoms with Crippen molar-refractivity contribution >= 4 is 69.6 Å². The van der Waals surface area contributed by atoms with Gasteiger partial charge in [0.25, 0.3) is 5.22 Å². The van der Waals surface area contributed by atoms with Crippen LogP contribution < -0.4 is 4.90 Å². The van der Waals surface area contributed by atoms with Crippen molar-refractivity contribution < 1.29 is 43.7 Å². The summed E-state index contributed by atoms with van der Waals surface area (Å²) in [6.07, 6.45) is -1.23. The zero-order valence-corrected chi connectivity index (χ0v) is 20.2. The number of rotatable bonds is 10. The highest BCUT2D eigenvalue weighted by Gasteiger charge is 2.60. The standard InChI is InChI=1S/C19H18N4O9S3/c24-10(5-13(27)28)23(11-2-1-3-33-11)14-15(29)22-6-19(17(30)31,7-34-16(14)22)8-35-18-21-20-9(32-18)4-12(25)26/h1-3,14,16H,4-8H2,(H,25,26)(H,27,28)(H,30,31)/t14?,16-,19?/m1/s1. The third-order valence-corrected chi connectivity index (χ3v) is 8.94. The van der Waals surface area contributed by atoms with Crippen LogP contribution in [0.15, 0.2) is 27.2 Å². The Hall–Kier alpha value is -3.11. The summed E-state index contributed by atoms with van der Waals surface area (Å²) in [7, 11) is 0. The Morgan fingerprint density at radius 1 is 1.23 bits per heavy atom. The highest BCUT2D eigenvalue weighted by atomic mass is 32.2. The van der Waals surface area contributed by atoms with Gasteiger partial charge in [-0.15, -0.1) is 33.3 Å². The Morgan fingerprint density at radius 3 is 2.63 bits per heavy atom. The van der Waals surface area contributed by atoms with Crippen molar-refractivity contribution in [3.8, 4) is 0 Å². The van der Waals surface area contributed by atoms with Crippen LogP contribution in [0.25, 0.3) is 0 Å². The van der Waals surface area contributed by atoms with E-state index in [1.165, 1.54) is 32.9 Å². The molecule has 4 heterocycles. The topological polar surface area (TPSA) is 191 Å². The molecule has 16 heteroatoms. The normalized spacial score (nSPS) is 23.3. The summed E-state index contributed by atoms with van der Waals surface area (Å²) in [5.41, 5.74) is -1.35. The first-order valence-electron chi connectivity index (χ1n) is 10.0. The number of nitrogens with zero attached hydrogens (tertiary/aromatic N) is 4. The third kappa shape index (κ3) is 4.99. The highest BCUT2D eigenvalue weighted by molar-refractivity contribution is 8.00. The lowest BCUT2D eigenvalue weighted by Crippen LogP contribution is -2.74. The van der Waals surface area contributed by atoms with Crippen LogP contribution in [0.5, 0.6) is 0 Å². The van der Waals surface area contributed by atoms with Gasteiger partial charge in [0.15, 0.2) is 0 Å². The van der Waals surface area contributed by atoms with E-state index >= 15 is 0 Å². The van der Waals surface area contributed by atoms with Crippen LogP contribution in [0.3, 0.4) is 0 Å². The molecule has 0 radical (unpaired) electrons. The van der Waals surface area contributed by atoms with Gasteiger partial charge in [0.1, 0.15) is 29.7 Å². The lowest BCUT2D eigenvalue weighted by molar-refractivity contribution is -0.156. The molecule has 2 aromatic rings. The Kier molecular flexibility index (Phi) is 7.05. The predicted molar refractivity (Wildman–Crippen MR) is 122 cm³/mol. The molecule has 186 valence electrons. The number of carbonyl (C=O) groups is 5. The maximum absolute atomic E-state index is 13.1. The first-order valence-corrected chi connectivity index (χ1v) is 12.9. The molecule has 2 unspecified atom stereocenters. The Labute approximate surface area is 209 Å². The van der Waals surface area contributed by atoms with Gasteiger partial charge in [0, 0.05) is 18.1 Å². The summed E-state index contributed by atoms with van der Waals surface area (Å²) in [6.45, 7) is -0.121. The number of hydrogen-bond acceptors (Lipinski definition) is 11. The van der Waals surface area contributed by atoms with Crippen molar-refractivity contribution in [1.82, 2.24) is 15.1 Å². The van der Waals surface area contributed by atoms with Crippen LogP contribution in [0.1, 0.15) is 12.3 Å². The molecule has 35 heavy (non-hydrogen) atoms. The Morgan fingerprint density at radius 2 is 2.00 bits per heavy atom. The van der Waals surface area contributed by atoms with Gasteiger partial charge in [-0.3, -0.25) is 28.9 Å². The molecular weight excluding hydrogens is 524 g/mol. The Bertz CT molecular complexity index is 1170. The van der Waals surface area contributed by atoms with Gasteiger partial charge in [0.2, 0.25) is 17.7 Å². The quantitative estimate of drug-likeness (QED) is 0.216. The van der Waals surface area contributed by atoms with Crippen LogP contribution in [-0.4, -0.2) is 89.6 Å². The molecule has 0 bridgehead atoms. The SMILES string of the molecule is O=C(O)CC(=O)N(c1cccs1)C1C(=O)N2CC(CSc3nnc(CC(=O)O)o3)(C(=O)O)CS[C@H]12. The van der Waals surface area contributed by atoms with Crippen LogP contribution >= 0.6 is 34.9 Å². The summed E-state index contributed by atoms with van der Waals surface area (Å²) in [4.78, 5) is 62.5. The van der Waals surface area contributed by atoms with Crippen molar-refractivity contribution in [1.29, 1.82) is 0 Å². The summed E-state index contributed by atoms with van der Waals surface area (Å²) >= 11 is 3.35. The fourth-order valence-corrected chi connectivity index (χ4v) is 7.19. The molecule has 0 aromatic carbocycles. The summed E-state index contributed by atoms with van der Waals surface area (Å²) in [6, 6.07) is 2.37. The van der Waals surface area contributed by atoms with Crippen molar-refractivity contribution in [2.24, 2.45) is 5.41 Å². The number of carboxylic acid groups (broad SMARTS) is 3. The van der Waals surface area contributed by atoms with Gasteiger partial charge >= 0.3 is 17.9 Å². The molecule has 2 fully saturated rings. The molecule has 0 saturated carbocycles. The van der Waals surface area contributed by atoms with E-state index < -0.39 is 59.4 Å². The largest absolute Gasteiger partial charge is 0.481 e. The summed E-state index contributed by atoms with van der Waals surface area (Å²) in [5, 5.41) is 36.8. The predicted octanol–water partition coefficient (Wildman–Crippen LogP) is 0.713. The number of amides is 2. The lowest BCUT2D eigenvalue weighted by atomic mass is 9.89. The molecule has 0 spiro atoms. The number of fused-ring (bicyclic) bond motifs is 1. The van der Waals surface area contributed by atoms with E-state index in [0.717, 1.165) is 11.8 Å². The molecule has 2 aliphatic heterocycles. The summed E-state index contributed by atoms with van der Waals surface area (Å²) in [5.74, 6) is -4.79. The van der Waals surface area contributed by atoms with Crippen molar-refractivity contribution in [2.45, 2.75) is 29.5 Å². The van der Waals surface area contributed by atoms with E-state index in [9.17, 15) is 29.1 Å². The van der Waals surface area contributed by atoms with E-state index in [-0.39, 0.29) is 29.2 Å². The second-order valence-electron chi connectivity index (χ2n) is 7.80. The van der Waals surface area contributed by atoms with Gasteiger partial charge in [-0.25, -0.2) is 0 Å². The molecule has 3 atom stereocenters. The zero-order chi connectivity index (χ0) is 25.3. The van der Waals surface area contributed by atoms with Crippen LogP contribution in [0.4, 0.5) is 5.00 Å². The molecule has 3 N–H and O–H groups in total. The fraction of sp³-hybridized carbons (Fsp3) is 0.421. The highest BCUT2D eigenvalue weighted by Crippen LogP contribution is 2.47. The van der Waals surface area contributed by atoms with E-state index in [2.05, 4.69) is 10.2 Å². The second kappa shape index (κ2) is 9.87. The minimum Gasteiger partial charge on any atom is -0.481 e. The zero-order valence-electron chi connectivity index (χ0n) is 17.7. The van der Waals surface area contributed by atoms with Crippen LogP contribution in [0, 0.1) is 5.41 Å².